The summed E-state index contributed by atoms with van der Waals surface area (Å²) >= 11 is 18.8. The number of carbonyl (C=O) groups excluding carboxylic acids is 6. The van der Waals surface area contributed by atoms with Crippen LogP contribution >= 0.6 is 47.2 Å². The van der Waals surface area contributed by atoms with Crippen molar-refractivity contribution in [3.63, 3.8) is 0 Å². The van der Waals surface area contributed by atoms with Crippen LogP contribution in [-0.4, -0.2) is 88.2 Å². The van der Waals surface area contributed by atoms with E-state index in [1.54, 1.807) is 91.4 Å². The normalized spacial score (nSPS) is 12.3. The van der Waals surface area contributed by atoms with Crippen molar-refractivity contribution in [1.82, 2.24) is 30.9 Å². The zero-order valence-corrected chi connectivity index (χ0v) is 52.1. The summed E-state index contributed by atoms with van der Waals surface area (Å²) in [4.78, 5) is 92.2. The highest BCUT2D eigenvalue weighted by Crippen LogP contribution is 2.35. The van der Waals surface area contributed by atoms with Gasteiger partial charge in [0.25, 0.3) is 0 Å². The molecule has 3 heterocycles. The van der Waals surface area contributed by atoms with E-state index in [0.29, 0.717) is 110 Å². The summed E-state index contributed by atoms with van der Waals surface area (Å²) < 4.78 is 0. The number of amides is 6. The van der Waals surface area contributed by atoms with E-state index in [1.807, 2.05) is 54.6 Å². The number of nitrogens with one attached hydrogen (secondary N) is 9. The fourth-order valence-corrected chi connectivity index (χ4v) is 11.5. The molecule has 0 aliphatic heterocycles. The highest BCUT2D eigenvalue weighted by atomic mass is 35.5. The van der Waals surface area contributed by atoms with Crippen LogP contribution in [0.25, 0.3) is 32.7 Å². The molecule has 466 valence electrons. The molecule has 15 N–H and O–H groups in total. The van der Waals surface area contributed by atoms with Gasteiger partial charge in [-0.1, -0.05) is 71.2 Å². The lowest BCUT2D eigenvalue weighted by molar-refractivity contribution is -0.126. The summed E-state index contributed by atoms with van der Waals surface area (Å²) in [6.45, 7) is 1.32. The molecule has 0 saturated heterocycles. The minimum atomic E-state index is -0.844. The number of carbonyl (C=O) groups is 6. The molecule has 6 aromatic carbocycles. The van der Waals surface area contributed by atoms with Gasteiger partial charge in [0.2, 0.25) is 35.4 Å². The third-order valence-electron chi connectivity index (χ3n) is 15.6. The molecule has 3 atom stereocenters. The molecule has 0 unspecified atom stereocenters. The van der Waals surface area contributed by atoms with Gasteiger partial charge in [-0.3, -0.25) is 28.8 Å². The highest BCUT2D eigenvalue weighted by Gasteiger charge is 2.26. The lowest BCUT2D eigenvalue weighted by Gasteiger charge is -2.22. The number of halogens is 4. The van der Waals surface area contributed by atoms with Gasteiger partial charge in [-0.15, -0.1) is 12.4 Å². The highest BCUT2D eigenvalue weighted by molar-refractivity contribution is 6.32. The number of unbranched alkanes of at least 4 members (excludes halogenated alkanes) is 3. The molecule has 22 heteroatoms. The number of fused-ring (bicyclic) bond motifs is 3. The Bertz CT molecular complexity index is 3490. The molecule has 9 rings (SSSR count). The third-order valence-corrected chi connectivity index (χ3v) is 16.3. The van der Waals surface area contributed by atoms with Crippen LogP contribution in [-0.2, 0) is 48.0 Å². The van der Waals surface area contributed by atoms with E-state index in [1.165, 1.54) is 0 Å². The number of aromatic amines is 3. The van der Waals surface area contributed by atoms with Crippen molar-refractivity contribution >= 4 is 132 Å². The second-order valence-electron chi connectivity index (χ2n) is 22.0. The lowest BCUT2D eigenvalue weighted by Crippen LogP contribution is -2.44. The minimum Gasteiger partial charge on any atom is -0.361 e. The van der Waals surface area contributed by atoms with Crippen LogP contribution in [0.15, 0.2) is 146 Å². The minimum absolute atomic E-state index is 0. The van der Waals surface area contributed by atoms with Crippen LogP contribution in [0.4, 0.5) is 17.1 Å². The Hall–Kier alpha value is -8.20. The molecule has 0 fully saturated rings. The van der Waals surface area contributed by atoms with Crippen LogP contribution in [0.5, 0.6) is 0 Å². The number of benzene rings is 6. The maximum atomic E-state index is 14.0. The first-order valence-corrected chi connectivity index (χ1v) is 30.8. The van der Waals surface area contributed by atoms with Gasteiger partial charge in [0, 0.05) is 89.3 Å². The summed E-state index contributed by atoms with van der Waals surface area (Å²) in [7, 11) is 0. The largest absolute Gasteiger partial charge is 0.361 e. The van der Waals surface area contributed by atoms with Crippen LogP contribution in [0, 0.1) is 0 Å². The van der Waals surface area contributed by atoms with E-state index in [4.69, 9.17) is 52.0 Å². The Morgan fingerprint density at radius 3 is 0.910 bits per heavy atom. The first-order chi connectivity index (χ1) is 42.6. The first kappa shape index (κ1) is 66.7. The monoisotopic (exact) mass is 1280 g/mol. The molecule has 0 aliphatic rings. The number of hydrogen-bond acceptors (Lipinski definition) is 9. The van der Waals surface area contributed by atoms with E-state index in [-0.39, 0.29) is 67.1 Å². The van der Waals surface area contributed by atoms with Gasteiger partial charge >= 0.3 is 0 Å². The molecule has 18 nitrogen and oxygen atoms in total. The maximum Gasteiger partial charge on any atom is 0.246 e. The van der Waals surface area contributed by atoms with Crippen LogP contribution in [0.2, 0.25) is 15.1 Å². The Kier molecular flexibility index (Phi) is 24.2. The standard InChI is InChI=1S/C67H73Cl3N12O6.ClH/c68-46-16-25-55-52(34-46)43(37-74-55)31-61(83)80-58(7-1-4-28-71)65(86)77-49-19-10-40(11-20-49)64(41-12-21-50(22-13-41)78-66(87)59(8-2-5-29-72)81-62(84)32-44-38-75-56-26-17-47(69)35-53(44)56)42-14-23-51(24-15-42)79-67(88)60(9-3-6-30-73)82-63(85)33-45-39-76-57-27-18-48(70)36-54(45)57;/h10-27,34-39,58-60,64,74-76H,1-9,28-33,71-73H2,(H,77,86)(H,78,87)(H,79,88)(H,80,83)(H,81,84)(H,82,85);1H/t58-,59-,60-;/m1./s1. The van der Waals surface area contributed by atoms with Crippen LogP contribution in [0.1, 0.15) is 97.1 Å². The average Bonchev–Trinajstić information content (AvgIpc) is 3.16. The zero-order chi connectivity index (χ0) is 62.1. The van der Waals surface area contributed by atoms with Gasteiger partial charge < -0.3 is 64.1 Å². The van der Waals surface area contributed by atoms with Crippen molar-refractivity contribution < 1.29 is 28.8 Å². The number of anilines is 3. The molecule has 0 saturated carbocycles. The summed E-state index contributed by atoms with van der Waals surface area (Å²) in [5.41, 5.74) is 26.3. The summed E-state index contributed by atoms with van der Waals surface area (Å²) in [5.74, 6) is -2.51. The van der Waals surface area contributed by atoms with E-state index in [2.05, 4.69) is 46.9 Å². The smallest absolute Gasteiger partial charge is 0.246 e. The summed E-state index contributed by atoms with van der Waals surface area (Å²) in [6.07, 6.45) is 10.4. The fraction of sp³-hybridized carbons (Fsp3) is 0.284. The fourth-order valence-electron chi connectivity index (χ4n) is 11.0. The van der Waals surface area contributed by atoms with E-state index < -0.39 is 24.0 Å². The van der Waals surface area contributed by atoms with Crippen molar-refractivity contribution in [2.75, 3.05) is 35.6 Å². The molecule has 6 amide bonds. The molecule has 89 heavy (non-hydrogen) atoms. The van der Waals surface area contributed by atoms with Crippen molar-refractivity contribution in [3.05, 3.63) is 194 Å². The van der Waals surface area contributed by atoms with Gasteiger partial charge in [-0.25, -0.2) is 0 Å². The number of aromatic nitrogens is 3. The van der Waals surface area contributed by atoms with Crippen molar-refractivity contribution in [1.29, 1.82) is 0 Å². The van der Waals surface area contributed by atoms with Crippen LogP contribution in [0.3, 0.4) is 0 Å². The van der Waals surface area contributed by atoms with Crippen molar-refractivity contribution in [2.45, 2.75) is 101 Å². The Morgan fingerprint density at radius 1 is 0.382 bits per heavy atom. The molecule has 0 bridgehead atoms. The van der Waals surface area contributed by atoms with Gasteiger partial charge in [0.1, 0.15) is 18.1 Å². The predicted octanol–water partition coefficient (Wildman–Crippen LogP) is 11.1. The molecule has 0 aliphatic carbocycles. The first-order valence-electron chi connectivity index (χ1n) is 29.6. The number of H-pyrrole nitrogens is 3. The molecular weight excluding hydrogens is 1210 g/mol. The topological polar surface area (TPSA) is 300 Å². The average molecular weight is 1290 g/mol. The van der Waals surface area contributed by atoms with Crippen molar-refractivity contribution in [3.8, 4) is 0 Å². The predicted molar refractivity (Wildman–Crippen MR) is 359 cm³/mol. The molecule has 3 aromatic heterocycles. The Balaban J connectivity index is 0.0000102. The molecule has 9 aromatic rings. The van der Waals surface area contributed by atoms with E-state index in [9.17, 15) is 28.8 Å². The van der Waals surface area contributed by atoms with Gasteiger partial charge in [0.15, 0.2) is 0 Å². The third kappa shape index (κ3) is 18.2. The second kappa shape index (κ2) is 32.3. The molecule has 0 spiro atoms. The van der Waals surface area contributed by atoms with Gasteiger partial charge in [0.05, 0.1) is 19.3 Å². The Labute approximate surface area is 537 Å². The van der Waals surface area contributed by atoms with Gasteiger partial charge in [-0.05, 0) is 202 Å². The van der Waals surface area contributed by atoms with Crippen LogP contribution < -0.4 is 49.1 Å². The molecule has 0 radical (unpaired) electrons. The summed E-state index contributed by atoms with van der Waals surface area (Å²) in [5, 5.41) is 22.0. The maximum absolute atomic E-state index is 14.0. The summed E-state index contributed by atoms with van der Waals surface area (Å²) in [6, 6.07) is 36.0. The zero-order valence-electron chi connectivity index (χ0n) is 49.0. The quantitative estimate of drug-likeness (QED) is 0.0150. The Morgan fingerprint density at radius 2 is 0.652 bits per heavy atom. The van der Waals surface area contributed by atoms with E-state index >= 15 is 0 Å². The van der Waals surface area contributed by atoms with Crippen molar-refractivity contribution in [2.24, 2.45) is 17.2 Å². The SMILES string of the molecule is Cl.NCCCC[C@@H](NC(=O)Cc1c[nH]c2ccc(Cl)cc12)C(=O)Nc1ccc(C(c2ccc(NC(=O)[C@@H](CCCCN)NC(=O)Cc3c[nH]c4ccc(Cl)cc34)cc2)c2ccc(NC(=O)[C@@H](CCCCN)NC(=O)Cc3c[nH]c4ccc(Cl)cc34)cc2)cc1. The number of rotatable bonds is 30. The second-order valence-corrected chi connectivity index (χ2v) is 23.3. The lowest BCUT2D eigenvalue weighted by atomic mass is 9.85. The van der Waals surface area contributed by atoms with E-state index in [0.717, 1.165) is 66.1 Å². The number of nitrogens with two attached hydrogens (primary N) is 3. The number of hydrogen-bond donors (Lipinski definition) is 12. The van der Waals surface area contributed by atoms with Gasteiger partial charge in [-0.2, -0.15) is 0 Å². The molecular formula is C67H74Cl4N12O6.